The van der Waals surface area contributed by atoms with Gasteiger partial charge in [-0.15, -0.1) is 6.58 Å². The molecule has 0 heterocycles. The quantitative estimate of drug-likeness (QED) is 0.782. The number of ether oxygens (including phenoxy) is 1. The number of aromatic carboxylic acids is 1. The van der Waals surface area contributed by atoms with E-state index in [2.05, 4.69) is 6.58 Å². The largest absolute Gasteiger partial charge is 0.489 e. The van der Waals surface area contributed by atoms with Crippen molar-refractivity contribution in [1.82, 2.24) is 0 Å². The van der Waals surface area contributed by atoms with E-state index < -0.39 is 11.8 Å². The van der Waals surface area contributed by atoms with Crippen molar-refractivity contribution in [2.24, 2.45) is 0 Å². The van der Waals surface area contributed by atoms with Crippen LogP contribution in [0.15, 0.2) is 30.9 Å². The number of benzene rings is 1. The Morgan fingerprint density at radius 1 is 1.69 bits per heavy atom. The van der Waals surface area contributed by atoms with Crippen molar-refractivity contribution in [3.63, 3.8) is 0 Å². The minimum absolute atomic E-state index is 0.170. The highest BCUT2D eigenvalue weighted by Crippen LogP contribution is 2.21. The summed E-state index contributed by atoms with van der Waals surface area (Å²) in [6.45, 7) is 5.35. The fraction of sp³-hybridized carbons (Fsp3) is 0.250. The van der Waals surface area contributed by atoms with Gasteiger partial charge in [0.05, 0.1) is 6.10 Å². The molecule has 0 aromatic heterocycles. The maximum absolute atomic E-state index is 12.9. The molecule has 1 aromatic rings. The third-order valence-corrected chi connectivity index (χ3v) is 2.00. The van der Waals surface area contributed by atoms with Crippen molar-refractivity contribution >= 4 is 5.97 Å². The zero-order valence-corrected chi connectivity index (χ0v) is 8.94. The van der Waals surface area contributed by atoms with E-state index in [0.29, 0.717) is 6.42 Å². The maximum Gasteiger partial charge on any atom is 0.339 e. The number of carbonyl (C=O) groups is 1. The van der Waals surface area contributed by atoms with Gasteiger partial charge in [0.15, 0.2) is 0 Å². The van der Waals surface area contributed by atoms with E-state index in [1.165, 1.54) is 12.1 Å². The van der Waals surface area contributed by atoms with Gasteiger partial charge in [-0.2, -0.15) is 0 Å². The number of carboxylic acid groups (broad SMARTS) is 1. The molecule has 1 aromatic carbocycles. The smallest absolute Gasteiger partial charge is 0.339 e. The predicted molar refractivity (Wildman–Crippen MR) is 58.3 cm³/mol. The second-order valence-corrected chi connectivity index (χ2v) is 3.40. The lowest BCUT2D eigenvalue weighted by molar-refractivity contribution is 0.0689. The van der Waals surface area contributed by atoms with E-state index in [9.17, 15) is 9.18 Å². The zero-order valence-electron chi connectivity index (χ0n) is 8.94. The molecule has 0 radical (unpaired) electrons. The van der Waals surface area contributed by atoms with Crippen LogP contribution in [0.1, 0.15) is 23.7 Å². The van der Waals surface area contributed by atoms with Crippen LogP contribution in [0.2, 0.25) is 0 Å². The van der Waals surface area contributed by atoms with Crippen LogP contribution in [0, 0.1) is 5.82 Å². The summed E-state index contributed by atoms with van der Waals surface area (Å²) in [4.78, 5) is 10.8. The second kappa shape index (κ2) is 5.30. The lowest BCUT2D eigenvalue weighted by Gasteiger charge is -2.14. The summed E-state index contributed by atoms with van der Waals surface area (Å²) in [5.74, 6) is -1.63. The molecular formula is C12H13FO3. The monoisotopic (exact) mass is 224 g/mol. The summed E-state index contributed by atoms with van der Waals surface area (Å²) in [5, 5.41) is 8.87. The van der Waals surface area contributed by atoms with E-state index in [0.717, 1.165) is 6.07 Å². The molecular weight excluding hydrogens is 211 g/mol. The van der Waals surface area contributed by atoms with Crippen LogP contribution in [0.3, 0.4) is 0 Å². The number of halogens is 1. The van der Waals surface area contributed by atoms with Crippen LogP contribution in [-0.4, -0.2) is 17.2 Å². The predicted octanol–water partition coefficient (Wildman–Crippen LogP) is 2.87. The Bertz CT molecular complexity index is 401. The summed E-state index contributed by atoms with van der Waals surface area (Å²) in [7, 11) is 0. The summed E-state index contributed by atoms with van der Waals surface area (Å²) >= 11 is 0. The Kier molecular flexibility index (Phi) is 4.05. The molecule has 86 valence electrons. The van der Waals surface area contributed by atoms with Gasteiger partial charge >= 0.3 is 5.97 Å². The number of hydrogen-bond donors (Lipinski definition) is 1. The first-order valence-corrected chi connectivity index (χ1v) is 4.85. The molecule has 0 bridgehead atoms. The van der Waals surface area contributed by atoms with Crippen LogP contribution in [0.25, 0.3) is 0 Å². The summed E-state index contributed by atoms with van der Waals surface area (Å²) in [6, 6.07) is 3.43. The lowest BCUT2D eigenvalue weighted by atomic mass is 10.2. The molecule has 16 heavy (non-hydrogen) atoms. The SMILES string of the molecule is C=CC[C@H](C)Oc1ccc(F)cc1C(=O)O. The number of carboxylic acids is 1. The molecule has 4 heteroatoms. The molecule has 1 N–H and O–H groups in total. The van der Waals surface area contributed by atoms with E-state index in [-0.39, 0.29) is 17.4 Å². The fourth-order valence-corrected chi connectivity index (χ4v) is 1.27. The van der Waals surface area contributed by atoms with Crippen LogP contribution in [-0.2, 0) is 0 Å². The summed E-state index contributed by atoms with van der Waals surface area (Å²) in [6.07, 6.45) is 2.08. The van der Waals surface area contributed by atoms with Gasteiger partial charge in [0.2, 0.25) is 0 Å². The van der Waals surface area contributed by atoms with E-state index in [4.69, 9.17) is 9.84 Å². The molecule has 0 aliphatic carbocycles. The molecule has 0 aliphatic heterocycles. The molecule has 1 rings (SSSR count). The minimum atomic E-state index is -1.21. The van der Waals surface area contributed by atoms with Gasteiger partial charge in [0.1, 0.15) is 17.1 Å². The van der Waals surface area contributed by atoms with Crippen LogP contribution < -0.4 is 4.74 Å². The first kappa shape index (κ1) is 12.2. The summed E-state index contributed by atoms with van der Waals surface area (Å²) < 4.78 is 18.2. The maximum atomic E-state index is 12.9. The Hall–Kier alpha value is -1.84. The standard InChI is InChI=1S/C12H13FO3/c1-3-4-8(2)16-11-6-5-9(13)7-10(11)12(14)15/h3,5-8H,1,4H2,2H3,(H,14,15)/t8-/m0/s1. The third kappa shape index (κ3) is 3.08. The van der Waals surface area contributed by atoms with Crippen molar-refractivity contribution in [3.8, 4) is 5.75 Å². The minimum Gasteiger partial charge on any atom is -0.489 e. The fourth-order valence-electron chi connectivity index (χ4n) is 1.27. The Morgan fingerprint density at radius 3 is 2.94 bits per heavy atom. The number of rotatable bonds is 5. The number of hydrogen-bond acceptors (Lipinski definition) is 2. The Morgan fingerprint density at radius 2 is 2.38 bits per heavy atom. The van der Waals surface area contributed by atoms with Crippen molar-refractivity contribution in [2.75, 3.05) is 0 Å². The average Bonchev–Trinajstić information content (AvgIpc) is 2.20. The molecule has 3 nitrogen and oxygen atoms in total. The van der Waals surface area contributed by atoms with Gasteiger partial charge in [0.25, 0.3) is 0 Å². The van der Waals surface area contributed by atoms with Crippen molar-refractivity contribution in [2.45, 2.75) is 19.4 Å². The van der Waals surface area contributed by atoms with Crippen molar-refractivity contribution in [1.29, 1.82) is 0 Å². The first-order valence-electron chi connectivity index (χ1n) is 4.85. The van der Waals surface area contributed by atoms with Crippen molar-refractivity contribution in [3.05, 3.63) is 42.2 Å². The lowest BCUT2D eigenvalue weighted by Crippen LogP contribution is -2.13. The van der Waals surface area contributed by atoms with Gasteiger partial charge in [-0.1, -0.05) is 6.08 Å². The van der Waals surface area contributed by atoms with E-state index in [1.807, 2.05) is 0 Å². The van der Waals surface area contributed by atoms with Gasteiger partial charge in [-0.05, 0) is 25.1 Å². The highest BCUT2D eigenvalue weighted by atomic mass is 19.1. The van der Waals surface area contributed by atoms with E-state index >= 15 is 0 Å². The van der Waals surface area contributed by atoms with Gasteiger partial charge in [-0.3, -0.25) is 0 Å². The molecule has 0 amide bonds. The highest BCUT2D eigenvalue weighted by Gasteiger charge is 2.14. The van der Waals surface area contributed by atoms with Crippen LogP contribution in [0.4, 0.5) is 4.39 Å². The highest BCUT2D eigenvalue weighted by molar-refractivity contribution is 5.90. The zero-order chi connectivity index (χ0) is 12.1. The molecule has 0 spiro atoms. The average molecular weight is 224 g/mol. The van der Waals surface area contributed by atoms with E-state index in [1.54, 1.807) is 13.0 Å². The normalized spacial score (nSPS) is 11.9. The van der Waals surface area contributed by atoms with Gasteiger partial charge in [0, 0.05) is 6.42 Å². The molecule has 0 saturated carbocycles. The molecule has 0 fully saturated rings. The second-order valence-electron chi connectivity index (χ2n) is 3.40. The molecule has 0 aliphatic rings. The van der Waals surface area contributed by atoms with Gasteiger partial charge in [-0.25, -0.2) is 9.18 Å². The first-order chi connectivity index (χ1) is 7.54. The Labute approximate surface area is 93.2 Å². The molecule has 0 unspecified atom stereocenters. The molecule has 1 atom stereocenters. The van der Waals surface area contributed by atoms with Crippen molar-refractivity contribution < 1.29 is 19.0 Å². The van der Waals surface area contributed by atoms with Gasteiger partial charge < -0.3 is 9.84 Å². The van der Waals surface area contributed by atoms with Crippen LogP contribution >= 0.6 is 0 Å². The summed E-state index contributed by atoms with van der Waals surface area (Å²) in [5.41, 5.74) is -0.170. The third-order valence-electron chi connectivity index (χ3n) is 2.00. The topological polar surface area (TPSA) is 46.5 Å². The molecule has 0 saturated heterocycles. The Balaban J connectivity index is 2.94. The van der Waals surface area contributed by atoms with Crippen LogP contribution in [0.5, 0.6) is 5.75 Å².